The van der Waals surface area contributed by atoms with Gasteiger partial charge in [0.1, 0.15) is 0 Å². The van der Waals surface area contributed by atoms with E-state index in [1.165, 1.54) is 109 Å². The van der Waals surface area contributed by atoms with Gasteiger partial charge in [-0.25, -0.2) is 0 Å². The largest absolute Gasteiger partial charge is 0.370 e. The average Bonchev–Trinajstić information content (AvgIpc) is 2.78. The summed E-state index contributed by atoms with van der Waals surface area (Å²) < 4.78 is 0. The first-order valence-corrected chi connectivity index (χ1v) is 14.0. The van der Waals surface area contributed by atoms with Crippen molar-refractivity contribution in [3.05, 3.63) is 24.3 Å². The fourth-order valence-electron chi connectivity index (χ4n) is 4.06. The molecule has 192 valence electrons. The van der Waals surface area contributed by atoms with E-state index in [1.54, 1.807) is 0 Å². The highest BCUT2D eigenvalue weighted by Gasteiger charge is 1.95. The number of hydrogen-bond donors (Lipinski definition) is 2. The zero-order valence-electron chi connectivity index (χ0n) is 21.5. The van der Waals surface area contributed by atoms with Crippen LogP contribution in [0.25, 0.3) is 0 Å². The van der Waals surface area contributed by atoms with Crippen LogP contribution in [-0.2, 0) is 9.59 Å². The molecule has 0 spiro atoms. The first-order chi connectivity index (χ1) is 16.1. The molecule has 4 N–H and O–H groups in total. The highest BCUT2D eigenvalue weighted by Crippen LogP contribution is 2.12. The Morgan fingerprint density at radius 1 is 0.364 bits per heavy atom. The lowest BCUT2D eigenvalue weighted by Gasteiger charge is -2.01. The lowest BCUT2D eigenvalue weighted by Crippen LogP contribution is -2.09. The molecule has 0 atom stereocenters. The second-order valence-corrected chi connectivity index (χ2v) is 9.54. The first-order valence-electron chi connectivity index (χ1n) is 14.0. The molecule has 0 rings (SSSR count). The fourth-order valence-corrected chi connectivity index (χ4v) is 4.06. The molecule has 0 aromatic rings. The Hall–Kier alpha value is -1.58. The third-order valence-electron chi connectivity index (χ3n) is 6.16. The van der Waals surface area contributed by atoms with Gasteiger partial charge in [0, 0.05) is 12.8 Å². The molecule has 0 aromatic carbocycles. The first kappa shape index (κ1) is 31.4. The predicted molar refractivity (Wildman–Crippen MR) is 143 cm³/mol. The molecule has 0 saturated carbocycles. The van der Waals surface area contributed by atoms with Crippen molar-refractivity contribution < 1.29 is 9.59 Å². The zero-order valence-corrected chi connectivity index (χ0v) is 21.5. The average molecular weight is 463 g/mol. The van der Waals surface area contributed by atoms with Crippen LogP contribution in [0.3, 0.4) is 0 Å². The van der Waals surface area contributed by atoms with Crippen LogP contribution in [0.4, 0.5) is 0 Å². The van der Waals surface area contributed by atoms with Crippen LogP contribution in [0, 0.1) is 0 Å². The van der Waals surface area contributed by atoms with E-state index >= 15 is 0 Å². The standard InChI is InChI=1S/C29H54N2O2/c30-28(32)26-24-22-20-18-16-14-12-10-8-6-4-2-1-3-5-7-9-11-13-15-17-19-21-23-25-27-29(31)33/h10-13H,1-9,14-27H2,(H2,30,32)(H2,31,33)/b12-10-,13-11-. The van der Waals surface area contributed by atoms with Gasteiger partial charge in [-0.1, -0.05) is 94.9 Å². The number of primary amides is 2. The summed E-state index contributed by atoms with van der Waals surface area (Å²) in [6.07, 6.45) is 36.6. The number of hydrogen-bond acceptors (Lipinski definition) is 2. The normalized spacial score (nSPS) is 11.6. The van der Waals surface area contributed by atoms with Gasteiger partial charge in [0.15, 0.2) is 0 Å². The molecule has 0 radical (unpaired) electrons. The maximum atomic E-state index is 10.7. The SMILES string of the molecule is NC(=O)CCCCCCC/C=C\CCCCCCCCC/C=C\CCCCCCCC(N)=O. The number of amides is 2. The molecule has 0 fully saturated rings. The maximum absolute atomic E-state index is 10.7. The minimum atomic E-state index is -0.170. The highest BCUT2D eigenvalue weighted by molar-refractivity contribution is 5.73. The van der Waals surface area contributed by atoms with E-state index < -0.39 is 0 Å². The minimum absolute atomic E-state index is 0.170. The van der Waals surface area contributed by atoms with E-state index in [0.717, 1.165) is 25.7 Å². The molecule has 0 aliphatic carbocycles. The summed E-state index contributed by atoms with van der Waals surface area (Å²) in [6.45, 7) is 0. The van der Waals surface area contributed by atoms with Gasteiger partial charge in [-0.2, -0.15) is 0 Å². The van der Waals surface area contributed by atoms with Crippen LogP contribution in [0.2, 0.25) is 0 Å². The summed E-state index contributed by atoms with van der Waals surface area (Å²) in [5, 5.41) is 0. The van der Waals surface area contributed by atoms with E-state index in [-0.39, 0.29) is 11.8 Å². The monoisotopic (exact) mass is 462 g/mol. The number of rotatable bonds is 26. The molecule has 0 bridgehead atoms. The summed E-state index contributed by atoms with van der Waals surface area (Å²) >= 11 is 0. The van der Waals surface area contributed by atoms with Crippen LogP contribution in [0.1, 0.15) is 148 Å². The smallest absolute Gasteiger partial charge is 0.217 e. The van der Waals surface area contributed by atoms with Crippen molar-refractivity contribution in [2.45, 2.75) is 148 Å². The molecule has 4 heteroatoms. The quantitative estimate of drug-likeness (QED) is 0.101. The van der Waals surface area contributed by atoms with E-state index in [4.69, 9.17) is 11.5 Å². The van der Waals surface area contributed by atoms with Crippen LogP contribution in [-0.4, -0.2) is 11.8 Å². The van der Waals surface area contributed by atoms with Crippen molar-refractivity contribution >= 4 is 11.8 Å². The van der Waals surface area contributed by atoms with Crippen LogP contribution < -0.4 is 11.5 Å². The molecule has 0 aliphatic heterocycles. The Morgan fingerprint density at radius 2 is 0.576 bits per heavy atom. The third-order valence-corrected chi connectivity index (χ3v) is 6.16. The van der Waals surface area contributed by atoms with Gasteiger partial charge in [-0.15, -0.1) is 0 Å². The molecule has 0 saturated heterocycles. The van der Waals surface area contributed by atoms with Crippen LogP contribution in [0.15, 0.2) is 24.3 Å². The highest BCUT2D eigenvalue weighted by atomic mass is 16.1. The molecule has 2 amide bonds. The molecule has 0 aromatic heterocycles. The van der Waals surface area contributed by atoms with Crippen molar-refractivity contribution in [2.24, 2.45) is 11.5 Å². The Bertz CT molecular complexity index is 456. The summed E-state index contributed by atoms with van der Waals surface area (Å²) in [5.41, 5.74) is 10.3. The summed E-state index contributed by atoms with van der Waals surface area (Å²) in [5.74, 6) is -0.341. The summed E-state index contributed by atoms with van der Waals surface area (Å²) in [7, 11) is 0. The van der Waals surface area contributed by atoms with E-state index in [9.17, 15) is 9.59 Å². The number of carbonyl (C=O) groups excluding carboxylic acids is 2. The van der Waals surface area contributed by atoms with E-state index in [1.807, 2.05) is 0 Å². The van der Waals surface area contributed by atoms with Crippen molar-refractivity contribution in [3.8, 4) is 0 Å². The minimum Gasteiger partial charge on any atom is -0.370 e. The van der Waals surface area contributed by atoms with Gasteiger partial charge in [-0.05, 0) is 64.2 Å². The number of unbranched alkanes of at least 4 members (excludes halogenated alkanes) is 18. The van der Waals surface area contributed by atoms with Gasteiger partial charge in [0.05, 0.1) is 0 Å². The molecule has 0 aliphatic rings. The topological polar surface area (TPSA) is 86.2 Å². The summed E-state index contributed by atoms with van der Waals surface area (Å²) in [4.78, 5) is 21.3. The second-order valence-electron chi connectivity index (χ2n) is 9.54. The van der Waals surface area contributed by atoms with Crippen molar-refractivity contribution in [2.75, 3.05) is 0 Å². The molecular formula is C29H54N2O2. The van der Waals surface area contributed by atoms with Crippen molar-refractivity contribution in [1.82, 2.24) is 0 Å². The molecule has 33 heavy (non-hydrogen) atoms. The van der Waals surface area contributed by atoms with Gasteiger partial charge >= 0.3 is 0 Å². The third kappa shape index (κ3) is 30.4. The van der Waals surface area contributed by atoms with Gasteiger partial charge in [0.2, 0.25) is 11.8 Å². The van der Waals surface area contributed by atoms with Crippen molar-refractivity contribution in [3.63, 3.8) is 0 Å². The Balaban J connectivity index is 3.16. The van der Waals surface area contributed by atoms with Crippen LogP contribution >= 0.6 is 0 Å². The van der Waals surface area contributed by atoms with Gasteiger partial charge < -0.3 is 11.5 Å². The molecule has 4 nitrogen and oxygen atoms in total. The molecule has 0 unspecified atom stereocenters. The van der Waals surface area contributed by atoms with E-state index in [2.05, 4.69) is 24.3 Å². The lowest BCUT2D eigenvalue weighted by atomic mass is 10.1. The Kier molecular flexibility index (Phi) is 25.4. The second kappa shape index (κ2) is 26.7. The number of carbonyl (C=O) groups is 2. The number of allylic oxidation sites excluding steroid dienone is 4. The van der Waals surface area contributed by atoms with Crippen molar-refractivity contribution in [1.29, 1.82) is 0 Å². The Labute approximate surface area is 205 Å². The molecular weight excluding hydrogens is 408 g/mol. The number of nitrogens with two attached hydrogens (primary N) is 2. The van der Waals surface area contributed by atoms with Gasteiger partial charge in [0.25, 0.3) is 0 Å². The zero-order chi connectivity index (χ0) is 24.2. The summed E-state index contributed by atoms with van der Waals surface area (Å²) in [6, 6.07) is 0. The Morgan fingerprint density at radius 3 is 0.818 bits per heavy atom. The molecule has 0 heterocycles. The van der Waals surface area contributed by atoms with Gasteiger partial charge in [-0.3, -0.25) is 9.59 Å². The van der Waals surface area contributed by atoms with Crippen LogP contribution in [0.5, 0.6) is 0 Å². The predicted octanol–water partition coefficient (Wildman–Crippen LogP) is 8.04. The fraction of sp³-hybridized carbons (Fsp3) is 0.793. The van der Waals surface area contributed by atoms with E-state index in [0.29, 0.717) is 12.8 Å². The lowest BCUT2D eigenvalue weighted by molar-refractivity contribution is -0.119. The maximum Gasteiger partial charge on any atom is 0.217 e.